The molecule has 1 aliphatic rings. The second-order valence-corrected chi connectivity index (χ2v) is 5.20. The van der Waals surface area contributed by atoms with E-state index in [1.807, 2.05) is 7.05 Å². The van der Waals surface area contributed by atoms with Crippen LogP contribution in [0.15, 0.2) is 18.2 Å². The number of benzene rings is 1. The number of hydrogen-bond donors (Lipinski definition) is 1. The first-order valence-corrected chi connectivity index (χ1v) is 6.81. The molecule has 18 heavy (non-hydrogen) atoms. The van der Waals surface area contributed by atoms with E-state index in [9.17, 15) is 4.39 Å². The number of ether oxygens (including phenoxy) is 1. The Morgan fingerprint density at radius 2 is 2.17 bits per heavy atom. The lowest BCUT2D eigenvalue weighted by atomic mass is 9.92. The largest absolute Gasteiger partial charge is 0.372 e. The maximum Gasteiger partial charge on any atom is 0.128 e. The molecule has 1 fully saturated rings. The van der Waals surface area contributed by atoms with E-state index in [4.69, 9.17) is 16.3 Å². The predicted octanol–water partition coefficient (Wildman–Crippen LogP) is 3.53. The zero-order valence-electron chi connectivity index (χ0n) is 10.6. The molecule has 1 aromatic carbocycles. The van der Waals surface area contributed by atoms with Crippen molar-refractivity contribution in [1.29, 1.82) is 0 Å². The fourth-order valence-corrected chi connectivity index (χ4v) is 2.67. The van der Waals surface area contributed by atoms with Crippen LogP contribution in [-0.4, -0.2) is 19.2 Å². The second-order valence-electron chi connectivity index (χ2n) is 4.76. The van der Waals surface area contributed by atoms with Crippen molar-refractivity contribution in [3.8, 4) is 0 Å². The zero-order valence-corrected chi connectivity index (χ0v) is 11.3. The summed E-state index contributed by atoms with van der Waals surface area (Å²) in [5, 5.41) is 3.82. The van der Waals surface area contributed by atoms with Crippen LogP contribution in [0.4, 0.5) is 4.39 Å². The fourth-order valence-electron chi connectivity index (χ4n) is 2.48. The highest BCUT2D eigenvalue weighted by atomic mass is 35.5. The molecule has 0 spiro atoms. The Bertz CT molecular complexity index is 399. The standard InChI is InChI=1S/C14H19ClFNO/c1-17-13-4-2-3-5-14(13)18-9-10-8-11(15)6-7-12(10)16/h6-8,13-14,17H,2-5,9H2,1H3. The molecular weight excluding hydrogens is 253 g/mol. The van der Waals surface area contributed by atoms with E-state index in [0.717, 1.165) is 12.8 Å². The van der Waals surface area contributed by atoms with E-state index in [1.165, 1.54) is 18.9 Å². The maximum absolute atomic E-state index is 13.5. The fraction of sp³-hybridized carbons (Fsp3) is 0.571. The SMILES string of the molecule is CNC1CCCCC1OCc1cc(Cl)ccc1F. The summed E-state index contributed by atoms with van der Waals surface area (Å²) in [6, 6.07) is 4.95. The first kappa shape index (κ1) is 13.8. The molecule has 0 amide bonds. The van der Waals surface area contributed by atoms with Crippen LogP contribution in [-0.2, 0) is 11.3 Å². The monoisotopic (exact) mass is 271 g/mol. The van der Waals surface area contributed by atoms with Crippen LogP contribution in [0.3, 0.4) is 0 Å². The summed E-state index contributed by atoms with van der Waals surface area (Å²) in [7, 11) is 1.95. The van der Waals surface area contributed by atoms with Crippen molar-refractivity contribution in [2.24, 2.45) is 0 Å². The molecule has 0 aliphatic heterocycles. The van der Waals surface area contributed by atoms with Gasteiger partial charge in [0.25, 0.3) is 0 Å². The molecule has 1 N–H and O–H groups in total. The summed E-state index contributed by atoms with van der Waals surface area (Å²) in [6.45, 7) is 0.287. The summed E-state index contributed by atoms with van der Waals surface area (Å²) >= 11 is 5.86. The zero-order chi connectivity index (χ0) is 13.0. The van der Waals surface area contributed by atoms with E-state index in [1.54, 1.807) is 12.1 Å². The van der Waals surface area contributed by atoms with Crippen molar-refractivity contribution in [2.75, 3.05) is 7.05 Å². The Balaban J connectivity index is 1.95. The summed E-state index contributed by atoms with van der Waals surface area (Å²) in [5.41, 5.74) is 0.530. The molecular formula is C14H19ClFNO. The van der Waals surface area contributed by atoms with Gasteiger partial charge in [0, 0.05) is 16.6 Å². The predicted molar refractivity (Wildman–Crippen MR) is 71.3 cm³/mol. The van der Waals surface area contributed by atoms with Gasteiger partial charge in [-0.2, -0.15) is 0 Å². The Morgan fingerprint density at radius 1 is 1.39 bits per heavy atom. The van der Waals surface area contributed by atoms with Crippen LogP contribution in [0.25, 0.3) is 0 Å². The molecule has 2 nitrogen and oxygen atoms in total. The van der Waals surface area contributed by atoms with Gasteiger partial charge in [-0.25, -0.2) is 4.39 Å². The molecule has 4 heteroatoms. The first-order valence-electron chi connectivity index (χ1n) is 6.43. The summed E-state index contributed by atoms with van der Waals surface area (Å²) in [4.78, 5) is 0. The van der Waals surface area contributed by atoms with Crippen LogP contribution in [0, 0.1) is 5.82 Å². The van der Waals surface area contributed by atoms with Gasteiger partial charge >= 0.3 is 0 Å². The summed E-state index contributed by atoms with van der Waals surface area (Å²) in [6.07, 6.45) is 4.74. The molecule has 0 bridgehead atoms. The highest BCUT2D eigenvalue weighted by Gasteiger charge is 2.24. The average molecular weight is 272 g/mol. The van der Waals surface area contributed by atoms with Crippen LogP contribution in [0.5, 0.6) is 0 Å². The lowest BCUT2D eigenvalue weighted by Crippen LogP contribution is -2.41. The first-order chi connectivity index (χ1) is 8.70. The van der Waals surface area contributed by atoms with E-state index in [2.05, 4.69) is 5.32 Å². The van der Waals surface area contributed by atoms with E-state index >= 15 is 0 Å². The maximum atomic E-state index is 13.5. The van der Waals surface area contributed by atoms with Gasteiger partial charge in [-0.15, -0.1) is 0 Å². The van der Waals surface area contributed by atoms with Crippen molar-refractivity contribution in [2.45, 2.75) is 44.4 Å². The van der Waals surface area contributed by atoms with Gasteiger partial charge in [-0.05, 0) is 38.1 Å². The van der Waals surface area contributed by atoms with Crippen LogP contribution in [0.1, 0.15) is 31.2 Å². The number of hydrogen-bond acceptors (Lipinski definition) is 2. The average Bonchev–Trinajstić information content (AvgIpc) is 2.40. The number of rotatable bonds is 4. The van der Waals surface area contributed by atoms with E-state index in [0.29, 0.717) is 16.6 Å². The topological polar surface area (TPSA) is 21.3 Å². The van der Waals surface area contributed by atoms with Gasteiger partial charge in [0.1, 0.15) is 5.82 Å². The smallest absolute Gasteiger partial charge is 0.128 e. The van der Waals surface area contributed by atoms with Crippen molar-refractivity contribution >= 4 is 11.6 Å². The minimum atomic E-state index is -0.254. The third kappa shape index (κ3) is 3.44. The number of likely N-dealkylation sites (N-methyl/N-ethyl adjacent to an activating group) is 1. The molecule has 1 saturated carbocycles. The normalized spacial score (nSPS) is 24.2. The van der Waals surface area contributed by atoms with Crippen LogP contribution in [0.2, 0.25) is 5.02 Å². The minimum absolute atomic E-state index is 0.169. The third-order valence-corrected chi connectivity index (χ3v) is 3.77. The number of nitrogens with one attached hydrogen (secondary N) is 1. The lowest BCUT2D eigenvalue weighted by Gasteiger charge is -2.31. The Labute approximate surface area is 112 Å². The Kier molecular flexibility index (Phi) is 4.98. The minimum Gasteiger partial charge on any atom is -0.372 e. The molecule has 2 unspecified atom stereocenters. The van der Waals surface area contributed by atoms with Crippen molar-refractivity contribution in [3.05, 3.63) is 34.6 Å². The van der Waals surface area contributed by atoms with Crippen LogP contribution >= 0.6 is 11.6 Å². The number of halogens is 2. The molecule has 2 rings (SSSR count). The van der Waals surface area contributed by atoms with Gasteiger partial charge in [-0.3, -0.25) is 0 Å². The van der Waals surface area contributed by atoms with E-state index < -0.39 is 0 Å². The molecule has 0 heterocycles. The molecule has 1 aliphatic carbocycles. The highest BCUT2D eigenvalue weighted by molar-refractivity contribution is 6.30. The van der Waals surface area contributed by atoms with E-state index in [-0.39, 0.29) is 18.5 Å². The highest BCUT2D eigenvalue weighted by Crippen LogP contribution is 2.23. The molecule has 100 valence electrons. The summed E-state index contributed by atoms with van der Waals surface area (Å²) in [5.74, 6) is -0.254. The summed E-state index contributed by atoms with van der Waals surface area (Å²) < 4.78 is 19.4. The molecule has 0 saturated heterocycles. The quantitative estimate of drug-likeness (QED) is 0.905. The molecule has 0 aromatic heterocycles. The molecule has 0 radical (unpaired) electrons. The Hall–Kier alpha value is -0.640. The Morgan fingerprint density at radius 3 is 2.94 bits per heavy atom. The molecule has 1 aromatic rings. The van der Waals surface area contributed by atoms with Gasteiger partial charge in [-0.1, -0.05) is 24.4 Å². The van der Waals surface area contributed by atoms with Gasteiger partial charge in [0.2, 0.25) is 0 Å². The van der Waals surface area contributed by atoms with Gasteiger partial charge in [0.05, 0.1) is 12.7 Å². The van der Waals surface area contributed by atoms with Gasteiger partial charge < -0.3 is 10.1 Å². The lowest BCUT2D eigenvalue weighted by molar-refractivity contribution is -0.00469. The van der Waals surface area contributed by atoms with Gasteiger partial charge in [0.15, 0.2) is 0 Å². The van der Waals surface area contributed by atoms with Crippen LogP contribution < -0.4 is 5.32 Å². The van der Waals surface area contributed by atoms with Crippen molar-refractivity contribution in [1.82, 2.24) is 5.32 Å². The molecule has 2 atom stereocenters. The van der Waals surface area contributed by atoms with Crippen molar-refractivity contribution in [3.63, 3.8) is 0 Å². The van der Waals surface area contributed by atoms with Crippen molar-refractivity contribution < 1.29 is 9.13 Å². The third-order valence-electron chi connectivity index (χ3n) is 3.53. The second kappa shape index (κ2) is 6.50.